The van der Waals surface area contributed by atoms with Gasteiger partial charge in [-0.1, -0.05) is 66.7 Å². The number of benzene rings is 3. The maximum atomic E-state index is 5.10. The van der Waals surface area contributed by atoms with Crippen LogP contribution >= 0.6 is 0 Å². The lowest BCUT2D eigenvalue weighted by molar-refractivity contribution is 1.26. The van der Waals surface area contributed by atoms with E-state index in [1.54, 1.807) is 0 Å². The molecule has 1 aliphatic rings. The molecule has 1 aliphatic carbocycles. The molecule has 2 nitrogen and oxygen atoms in total. The Balaban J connectivity index is 0.000000143. The molecule has 0 saturated carbocycles. The van der Waals surface area contributed by atoms with E-state index in [-0.39, 0.29) is 0 Å². The Morgan fingerprint density at radius 1 is 0.619 bits per heavy atom. The van der Waals surface area contributed by atoms with E-state index in [4.69, 9.17) is 5.84 Å². The van der Waals surface area contributed by atoms with Gasteiger partial charge in [0.2, 0.25) is 0 Å². The maximum absolute atomic E-state index is 5.10. The molecule has 0 saturated heterocycles. The average Bonchev–Trinajstić information content (AvgIpc) is 2.95. The molecule has 0 aromatic heterocycles. The van der Waals surface area contributed by atoms with Crippen molar-refractivity contribution in [3.05, 3.63) is 90.0 Å². The van der Waals surface area contributed by atoms with Crippen molar-refractivity contribution in [1.29, 1.82) is 0 Å². The van der Waals surface area contributed by atoms with Crippen LogP contribution in [-0.4, -0.2) is 0 Å². The Morgan fingerprint density at radius 3 is 1.57 bits per heavy atom. The van der Waals surface area contributed by atoms with Gasteiger partial charge < -0.3 is 5.43 Å². The van der Waals surface area contributed by atoms with Crippen molar-refractivity contribution in [3.63, 3.8) is 0 Å². The van der Waals surface area contributed by atoms with Crippen LogP contribution in [0.3, 0.4) is 0 Å². The number of anilines is 1. The Kier molecular flexibility index (Phi) is 3.99. The summed E-state index contributed by atoms with van der Waals surface area (Å²) in [6.45, 7) is 0. The summed E-state index contributed by atoms with van der Waals surface area (Å²) < 4.78 is 0. The van der Waals surface area contributed by atoms with Crippen molar-refractivity contribution in [3.8, 4) is 11.1 Å². The van der Waals surface area contributed by atoms with Gasteiger partial charge >= 0.3 is 0 Å². The first-order valence-corrected chi connectivity index (χ1v) is 7.06. The van der Waals surface area contributed by atoms with Crippen LogP contribution in [0.4, 0.5) is 5.69 Å². The number of hydrazine groups is 1. The molecular weight excluding hydrogens is 256 g/mol. The molecule has 104 valence electrons. The first-order chi connectivity index (χ1) is 10.4. The molecule has 0 atom stereocenters. The second-order valence-electron chi connectivity index (χ2n) is 5.00. The predicted octanol–water partition coefficient (Wildman–Crippen LogP) is 4.23. The van der Waals surface area contributed by atoms with Crippen molar-refractivity contribution in [1.82, 2.24) is 0 Å². The van der Waals surface area contributed by atoms with E-state index >= 15 is 0 Å². The summed E-state index contributed by atoms with van der Waals surface area (Å²) in [5.41, 5.74) is 9.22. The summed E-state index contributed by atoms with van der Waals surface area (Å²) in [6, 6.07) is 26.9. The van der Waals surface area contributed by atoms with E-state index in [9.17, 15) is 0 Å². The summed E-state index contributed by atoms with van der Waals surface area (Å²) in [5.74, 6) is 5.10. The third kappa shape index (κ3) is 2.96. The summed E-state index contributed by atoms with van der Waals surface area (Å²) >= 11 is 0. The fourth-order valence-corrected chi connectivity index (χ4v) is 2.61. The van der Waals surface area contributed by atoms with Crippen LogP contribution in [0, 0.1) is 0 Å². The van der Waals surface area contributed by atoms with Crippen LogP contribution in [0.1, 0.15) is 11.1 Å². The van der Waals surface area contributed by atoms with Crippen molar-refractivity contribution < 1.29 is 0 Å². The van der Waals surface area contributed by atoms with Crippen molar-refractivity contribution >= 4 is 5.69 Å². The fourth-order valence-electron chi connectivity index (χ4n) is 2.61. The first kappa shape index (κ1) is 13.4. The van der Waals surface area contributed by atoms with Crippen LogP contribution in [0.2, 0.25) is 0 Å². The van der Waals surface area contributed by atoms with E-state index in [0.717, 1.165) is 12.1 Å². The zero-order valence-electron chi connectivity index (χ0n) is 11.8. The van der Waals surface area contributed by atoms with Crippen molar-refractivity contribution in [2.24, 2.45) is 5.84 Å². The van der Waals surface area contributed by atoms with Gasteiger partial charge in [-0.3, -0.25) is 5.84 Å². The van der Waals surface area contributed by atoms with Gasteiger partial charge in [0, 0.05) is 5.69 Å². The molecule has 0 heterocycles. The van der Waals surface area contributed by atoms with Crippen LogP contribution in [0.25, 0.3) is 11.1 Å². The third-order valence-electron chi connectivity index (χ3n) is 3.65. The average molecular weight is 274 g/mol. The molecule has 2 heteroatoms. The van der Waals surface area contributed by atoms with Gasteiger partial charge in [0.1, 0.15) is 0 Å². The van der Waals surface area contributed by atoms with E-state index in [1.807, 2.05) is 30.3 Å². The van der Waals surface area contributed by atoms with Crippen molar-refractivity contribution in [2.45, 2.75) is 6.42 Å². The van der Waals surface area contributed by atoms with Gasteiger partial charge in [0.15, 0.2) is 0 Å². The number of para-hydroxylation sites is 1. The highest BCUT2D eigenvalue weighted by atomic mass is 15.2. The monoisotopic (exact) mass is 274 g/mol. The topological polar surface area (TPSA) is 38.0 Å². The lowest BCUT2D eigenvalue weighted by Crippen LogP contribution is -2.05. The third-order valence-corrected chi connectivity index (χ3v) is 3.65. The highest BCUT2D eigenvalue weighted by Crippen LogP contribution is 2.35. The summed E-state index contributed by atoms with van der Waals surface area (Å²) in [4.78, 5) is 0. The van der Waals surface area contributed by atoms with E-state index < -0.39 is 0 Å². The summed E-state index contributed by atoms with van der Waals surface area (Å²) in [5, 5.41) is 0. The zero-order valence-corrected chi connectivity index (χ0v) is 11.8. The molecule has 0 bridgehead atoms. The minimum atomic E-state index is 0.938. The molecule has 3 aromatic carbocycles. The molecule has 0 fully saturated rings. The number of nitrogen functional groups attached to an aromatic ring is 1. The van der Waals surface area contributed by atoms with Gasteiger partial charge in [-0.2, -0.15) is 0 Å². The molecule has 0 unspecified atom stereocenters. The van der Waals surface area contributed by atoms with Gasteiger partial charge in [-0.25, -0.2) is 0 Å². The first-order valence-electron chi connectivity index (χ1n) is 7.06. The molecular formula is C19H18N2. The molecule has 0 aliphatic heterocycles. The second-order valence-corrected chi connectivity index (χ2v) is 5.00. The smallest absolute Gasteiger partial charge is 0.0485 e. The fraction of sp³-hybridized carbons (Fsp3) is 0.0526. The molecule has 4 rings (SSSR count). The summed E-state index contributed by atoms with van der Waals surface area (Å²) in [6.07, 6.45) is 1.10. The minimum Gasteiger partial charge on any atom is -0.324 e. The molecule has 21 heavy (non-hydrogen) atoms. The van der Waals surface area contributed by atoms with E-state index in [1.165, 1.54) is 22.3 Å². The zero-order chi connectivity index (χ0) is 14.5. The molecule has 0 spiro atoms. The number of rotatable bonds is 1. The number of nitrogens with one attached hydrogen (secondary N) is 1. The standard InChI is InChI=1S/C13H10.C6H8N2/c1-3-7-12-10(5-1)9-11-6-2-4-8-13(11)12;7-8-6-4-2-1-3-5-6/h1-8H,9H2;1-5,8H,7H2. The number of nitrogens with two attached hydrogens (primary N) is 1. The van der Waals surface area contributed by atoms with E-state index in [0.29, 0.717) is 0 Å². The predicted molar refractivity (Wildman–Crippen MR) is 88.9 cm³/mol. The highest BCUT2D eigenvalue weighted by molar-refractivity contribution is 5.76. The normalized spacial score (nSPS) is 10.9. The van der Waals surface area contributed by atoms with Crippen LogP contribution in [0.5, 0.6) is 0 Å². The minimum absolute atomic E-state index is 0.938. The van der Waals surface area contributed by atoms with Gasteiger partial charge in [-0.15, -0.1) is 0 Å². The number of hydrogen-bond donors (Lipinski definition) is 2. The maximum Gasteiger partial charge on any atom is 0.0485 e. The van der Waals surface area contributed by atoms with Crippen LogP contribution in [-0.2, 0) is 6.42 Å². The van der Waals surface area contributed by atoms with Gasteiger partial charge in [-0.05, 0) is 40.8 Å². The molecule has 0 amide bonds. The quantitative estimate of drug-likeness (QED) is 0.402. The molecule has 0 radical (unpaired) electrons. The van der Waals surface area contributed by atoms with Crippen LogP contribution in [0.15, 0.2) is 78.9 Å². The Labute approximate surface area is 125 Å². The van der Waals surface area contributed by atoms with E-state index in [2.05, 4.69) is 54.0 Å². The lowest BCUT2D eigenvalue weighted by atomic mass is 10.1. The SMILES string of the molecule is NNc1ccccc1.c1ccc2c(c1)Cc1ccccc1-2. The van der Waals surface area contributed by atoms with Gasteiger partial charge in [0.25, 0.3) is 0 Å². The molecule has 3 N–H and O–H groups in total. The Bertz CT molecular complexity index is 677. The lowest BCUT2D eigenvalue weighted by Gasteiger charge is -1.98. The molecule has 3 aromatic rings. The van der Waals surface area contributed by atoms with Crippen LogP contribution < -0.4 is 11.3 Å². The number of hydrogen-bond acceptors (Lipinski definition) is 2. The van der Waals surface area contributed by atoms with Crippen molar-refractivity contribution in [2.75, 3.05) is 5.43 Å². The largest absolute Gasteiger partial charge is 0.324 e. The highest BCUT2D eigenvalue weighted by Gasteiger charge is 2.15. The number of fused-ring (bicyclic) bond motifs is 3. The Hall–Kier alpha value is -2.58. The Morgan fingerprint density at radius 2 is 1.10 bits per heavy atom. The van der Waals surface area contributed by atoms with Gasteiger partial charge in [0.05, 0.1) is 0 Å². The summed E-state index contributed by atoms with van der Waals surface area (Å²) in [7, 11) is 0. The second kappa shape index (κ2) is 6.25.